The summed E-state index contributed by atoms with van der Waals surface area (Å²) < 4.78 is 0. The smallest absolute Gasteiger partial charge is 0.238 e. The Labute approximate surface area is 238 Å². The van der Waals surface area contributed by atoms with Crippen molar-refractivity contribution in [3.8, 4) is 0 Å². The minimum atomic E-state index is -1.38. The van der Waals surface area contributed by atoms with Crippen LogP contribution in [-0.2, 0) is 10.2 Å². The molecule has 0 radical (unpaired) electrons. The molecule has 192 valence electrons. The van der Waals surface area contributed by atoms with Crippen molar-refractivity contribution in [2.45, 2.75) is 17.5 Å². The first kappa shape index (κ1) is 24.3. The van der Waals surface area contributed by atoms with Gasteiger partial charge in [0.2, 0.25) is 5.91 Å². The Balaban J connectivity index is 1.55. The van der Waals surface area contributed by atoms with Crippen molar-refractivity contribution >= 4 is 69.5 Å². The van der Waals surface area contributed by atoms with E-state index in [-0.39, 0.29) is 28.1 Å². The highest BCUT2D eigenvalue weighted by atomic mass is 35.5. The topological polar surface area (TPSA) is 66.5 Å². The summed E-state index contributed by atoms with van der Waals surface area (Å²) in [5, 5.41) is 5.43. The van der Waals surface area contributed by atoms with Gasteiger partial charge < -0.3 is 10.2 Å². The number of amides is 1. The van der Waals surface area contributed by atoms with Gasteiger partial charge in [0.15, 0.2) is 11.6 Å². The molecule has 7 rings (SSSR count). The maximum Gasteiger partial charge on any atom is 0.238 e. The van der Waals surface area contributed by atoms with Crippen molar-refractivity contribution in [2.75, 3.05) is 10.2 Å². The van der Waals surface area contributed by atoms with E-state index in [2.05, 4.69) is 5.32 Å². The Kier molecular flexibility index (Phi) is 5.56. The van der Waals surface area contributed by atoms with Gasteiger partial charge in [-0.15, -0.1) is 11.3 Å². The fourth-order valence-corrected chi connectivity index (χ4v) is 7.74. The summed E-state index contributed by atoms with van der Waals surface area (Å²) in [6, 6.07) is 21.9. The third kappa shape index (κ3) is 3.35. The van der Waals surface area contributed by atoms with Gasteiger partial charge in [-0.2, -0.15) is 0 Å². The molecule has 3 aliphatic rings. The highest BCUT2D eigenvalue weighted by Crippen LogP contribution is 2.58. The molecule has 0 unspecified atom stereocenters. The fourth-order valence-electron chi connectivity index (χ4n) is 6.54. The number of hydrogen-bond donors (Lipinski definition) is 1. The molecule has 5 nitrogen and oxygen atoms in total. The van der Waals surface area contributed by atoms with Gasteiger partial charge in [-0.1, -0.05) is 77.8 Å². The number of Topliss-reactive ketones (excluding diaryl/α,β-unsaturated/α-hetero) is 2. The quantitative estimate of drug-likeness (QED) is 0.271. The molecule has 1 N–H and O–H groups in total. The van der Waals surface area contributed by atoms with Gasteiger partial charge in [0.05, 0.1) is 21.9 Å². The van der Waals surface area contributed by atoms with Crippen molar-refractivity contribution < 1.29 is 14.4 Å². The summed E-state index contributed by atoms with van der Waals surface area (Å²) in [6.07, 6.45) is 3.93. The van der Waals surface area contributed by atoms with E-state index >= 15 is 0 Å². The molecule has 39 heavy (non-hydrogen) atoms. The van der Waals surface area contributed by atoms with E-state index in [0.717, 1.165) is 11.3 Å². The highest BCUT2D eigenvalue weighted by Gasteiger charge is 2.70. The standard InChI is InChI=1S/C31H20Cl2N2O3S/c32-18-12-13-19(21(33)16-18)28(36)26-27(29(37)24-10-5-15-39-24)35-23-9-4-1-6-17(23)11-14-25(35)31(26)20-7-2-3-8-22(20)34-30(31)38/h1-16,25-27H,(H,34,38)/t25-,26+,27+,31-/m1/s1. The summed E-state index contributed by atoms with van der Waals surface area (Å²) in [4.78, 5) is 45.9. The van der Waals surface area contributed by atoms with Gasteiger partial charge in [0, 0.05) is 22.0 Å². The summed E-state index contributed by atoms with van der Waals surface area (Å²) in [6.45, 7) is 0. The number of ketones is 2. The maximum atomic E-state index is 14.7. The Morgan fingerprint density at radius 2 is 1.72 bits per heavy atom. The van der Waals surface area contributed by atoms with E-state index in [4.69, 9.17) is 23.2 Å². The van der Waals surface area contributed by atoms with Gasteiger partial charge in [-0.3, -0.25) is 14.4 Å². The minimum absolute atomic E-state index is 0.178. The molecule has 1 saturated heterocycles. The van der Waals surface area contributed by atoms with Crippen LogP contribution in [0.15, 0.2) is 90.3 Å². The van der Waals surface area contributed by atoms with Crippen molar-refractivity contribution in [3.05, 3.63) is 122 Å². The molecule has 4 heterocycles. The molecule has 0 saturated carbocycles. The van der Waals surface area contributed by atoms with Crippen molar-refractivity contribution in [1.29, 1.82) is 0 Å². The third-order valence-corrected chi connectivity index (χ3v) is 9.49. The van der Waals surface area contributed by atoms with Crippen LogP contribution in [0.25, 0.3) is 6.08 Å². The summed E-state index contributed by atoms with van der Waals surface area (Å²) in [5.74, 6) is -1.97. The number of rotatable bonds is 4. The molecule has 1 amide bonds. The number of carbonyl (C=O) groups excluding carboxylic acids is 3. The van der Waals surface area contributed by atoms with Crippen LogP contribution in [0.3, 0.4) is 0 Å². The van der Waals surface area contributed by atoms with Crippen LogP contribution in [0, 0.1) is 5.92 Å². The largest absolute Gasteiger partial charge is 0.352 e. The lowest BCUT2D eigenvalue weighted by Gasteiger charge is -2.37. The second kappa shape index (κ2) is 8.91. The number of carbonyl (C=O) groups is 3. The Hall–Kier alpha value is -3.71. The number of thiophene rings is 1. The lowest BCUT2D eigenvalue weighted by molar-refractivity contribution is -0.121. The molecule has 4 aromatic rings. The minimum Gasteiger partial charge on any atom is -0.352 e. The van der Waals surface area contributed by atoms with Crippen LogP contribution >= 0.6 is 34.5 Å². The van der Waals surface area contributed by atoms with Crippen LogP contribution < -0.4 is 10.2 Å². The zero-order chi connectivity index (χ0) is 26.9. The molecule has 8 heteroatoms. The van der Waals surface area contributed by atoms with Crippen LogP contribution in [0.2, 0.25) is 10.0 Å². The SMILES string of the molecule is O=C(c1cccs1)[C@@H]1[C@@H](C(=O)c2ccc(Cl)cc2Cl)[C@]2(C(=O)Nc3ccccc32)[C@H]2C=Cc3ccccc3N12. The highest BCUT2D eigenvalue weighted by molar-refractivity contribution is 7.12. The number of hydrogen-bond acceptors (Lipinski definition) is 5. The Bertz CT molecular complexity index is 1720. The van der Waals surface area contributed by atoms with E-state index in [1.807, 2.05) is 77.0 Å². The number of nitrogens with zero attached hydrogens (tertiary/aromatic N) is 1. The molecule has 3 aromatic carbocycles. The van der Waals surface area contributed by atoms with Gasteiger partial charge in [0.1, 0.15) is 11.5 Å². The summed E-state index contributed by atoms with van der Waals surface area (Å²) in [7, 11) is 0. The van der Waals surface area contributed by atoms with Gasteiger partial charge >= 0.3 is 0 Å². The molecule has 0 aliphatic carbocycles. The molecule has 1 spiro atoms. The average Bonchev–Trinajstić information content (AvgIpc) is 3.65. The fraction of sp³-hybridized carbons (Fsp3) is 0.129. The number of nitrogens with one attached hydrogen (secondary N) is 1. The number of halogens is 2. The van der Waals surface area contributed by atoms with Crippen LogP contribution in [0.1, 0.15) is 31.2 Å². The molecule has 3 aliphatic heterocycles. The second-order valence-corrected chi connectivity index (χ2v) is 11.7. The predicted molar refractivity (Wildman–Crippen MR) is 155 cm³/mol. The average molecular weight is 571 g/mol. The lowest BCUT2D eigenvalue weighted by Crippen LogP contribution is -2.51. The predicted octanol–water partition coefficient (Wildman–Crippen LogP) is 6.91. The molecular formula is C31H20Cl2N2O3S. The van der Waals surface area contributed by atoms with E-state index < -0.39 is 23.4 Å². The first-order valence-corrected chi connectivity index (χ1v) is 14.1. The first-order valence-electron chi connectivity index (χ1n) is 12.5. The molecule has 4 atom stereocenters. The molecule has 1 aromatic heterocycles. The Morgan fingerprint density at radius 3 is 2.51 bits per heavy atom. The number of fused-ring (bicyclic) bond motifs is 6. The van der Waals surface area contributed by atoms with Crippen LogP contribution in [0.4, 0.5) is 11.4 Å². The van der Waals surface area contributed by atoms with Crippen molar-refractivity contribution in [2.24, 2.45) is 5.92 Å². The first-order chi connectivity index (χ1) is 18.9. The van der Waals surface area contributed by atoms with Crippen molar-refractivity contribution in [3.63, 3.8) is 0 Å². The van der Waals surface area contributed by atoms with E-state index in [1.165, 1.54) is 17.4 Å². The monoisotopic (exact) mass is 570 g/mol. The Morgan fingerprint density at radius 1 is 0.923 bits per heavy atom. The van der Waals surface area contributed by atoms with Crippen LogP contribution in [0.5, 0.6) is 0 Å². The molecule has 0 bridgehead atoms. The number of anilines is 2. The van der Waals surface area contributed by atoms with E-state index in [9.17, 15) is 14.4 Å². The zero-order valence-corrected chi connectivity index (χ0v) is 22.6. The summed E-state index contributed by atoms with van der Waals surface area (Å²) in [5.41, 5.74) is 1.89. The third-order valence-electron chi connectivity index (χ3n) is 8.05. The van der Waals surface area contributed by atoms with Gasteiger partial charge in [-0.25, -0.2) is 0 Å². The number of benzene rings is 3. The molecular weight excluding hydrogens is 551 g/mol. The van der Waals surface area contributed by atoms with Gasteiger partial charge in [0.25, 0.3) is 0 Å². The number of para-hydroxylation sites is 2. The van der Waals surface area contributed by atoms with E-state index in [1.54, 1.807) is 18.2 Å². The zero-order valence-electron chi connectivity index (χ0n) is 20.3. The van der Waals surface area contributed by atoms with E-state index in [0.29, 0.717) is 21.2 Å². The maximum absolute atomic E-state index is 14.7. The lowest BCUT2D eigenvalue weighted by atomic mass is 9.64. The second-order valence-electron chi connectivity index (χ2n) is 9.89. The van der Waals surface area contributed by atoms with Gasteiger partial charge in [-0.05, 0) is 52.9 Å². The molecule has 1 fully saturated rings. The van der Waals surface area contributed by atoms with Crippen molar-refractivity contribution in [1.82, 2.24) is 0 Å². The summed E-state index contributed by atoms with van der Waals surface area (Å²) >= 11 is 14.1. The van der Waals surface area contributed by atoms with Crippen LogP contribution in [-0.4, -0.2) is 29.6 Å². The normalized spacial score (nSPS) is 24.3.